The first-order valence-electron chi connectivity index (χ1n) is 8.38. The lowest BCUT2D eigenvalue weighted by Crippen LogP contribution is -2.43. The van der Waals surface area contributed by atoms with Gasteiger partial charge in [0.2, 0.25) is 5.91 Å². The number of amides is 1. The number of aromatic nitrogens is 3. The summed E-state index contributed by atoms with van der Waals surface area (Å²) in [5, 5.41) is 10.2. The number of carbonyl (C=O) groups is 1. The molecule has 0 saturated carbocycles. The van der Waals surface area contributed by atoms with Gasteiger partial charge in [-0.25, -0.2) is 14.4 Å². The molecule has 8 nitrogen and oxygen atoms in total. The maximum absolute atomic E-state index is 13.0. The lowest BCUT2D eigenvalue weighted by atomic mass is 9.98. The van der Waals surface area contributed by atoms with E-state index in [0.29, 0.717) is 32.0 Å². The highest BCUT2D eigenvalue weighted by molar-refractivity contribution is 14.0. The Balaban J connectivity index is 0.00000364. The van der Waals surface area contributed by atoms with Crippen molar-refractivity contribution in [1.29, 1.82) is 0 Å². The van der Waals surface area contributed by atoms with Crippen LogP contribution >= 0.6 is 24.0 Å². The van der Waals surface area contributed by atoms with Crippen LogP contribution in [0.3, 0.4) is 0 Å². The van der Waals surface area contributed by atoms with Crippen LogP contribution in [0.5, 0.6) is 0 Å². The van der Waals surface area contributed by atoms with Gasteiger partial charge in [-0.15, -0.1) is 24.0 Å². The van der Waals surface area contributed by atoms with Crippen LogP contribution in [0.1, 0.15) is 18.3 Å². The zero-order valence-corrected chi connectivity index (χ0v) is 17.7. The van der Waals surface area contributed by atoms with Crippen LogP contribution in [-0.2, 0) is 24.8 Å². The van der Waals surface area contributed by atoms with E-state index in [2.05, 4.69) is 25.7 Å². The summed E-state index contributed by atoms with van der Waals surface area (Å²) in [5.74, 6) is 0.0961. The quantitative estimate of drug-likeness (QED) is 0.291. The van der Waals surface area contributed by atoms with Gasteiger partial charge < -0.3 is 16.4 Å². The van der Waals surface area contributed by atoms with Gasteiger partial charge in [0, 0.05) is 20.1 Å². The number of nitrogens with one attached hydrogen (secondary N) is 2. The monoisotopic (exact) mass is 489 g/mol. The average Bonchev–Trinajstić information content (AvgIpc) is 3.02. The lowest BCUT2D eigenvalue weighted by Gasteiger charge is -2.17. The summed E-state index contributed by atoms with van der Waals surface area (Å²) in [5.41, 5.74) is 6.36. The Morgan fingerprint density at radius 3 is 2.59 bits per heavy atom. The number of hydrogen-bond donors (Lipinski definition) is 3. The summed E-state index contributed by atoms with van der Waals surface area (Å²) in [6.07, 6.45) is 1.89. The fourth-order valence-electron chi connectivity index (χ4n) is 2.35. The molecule has 0 aliphatic carbocycles. The SMILES string of the molecule is CCNC(=NCc1ncnn1C)NCC(Cc1ccc(F)cc1)C(N)=O.I. The van der Waals surface area contributed by atoms with Crippen molar-refractivity contribution in [1.82, 2.24) is 25.4 Å². The number of nitrogens with zero attached hydrogens (tertiary/aromatic N) is 4. The third kappa shape index (κ3) is 7.49. The Labute approximate surface area is 174 Å². The molecule has 0 bridgehead atoms. The number of aliphatic imine (C=N–C) groups is 1. The van der Waals surface area contributed by atoms with E-state index >= 15 is 0 Å². The first-order valence-corrected chi connectivity index (χ1v) is 8.38. The average molecular weight is 489 g/mol. The summed E-state index contributed by atoms with van der Waals surface area (Å²) in [7, 11) is 1.80. The summed E-state index contributed by atoms with van der Waals surface area (Å²) in [6, 6.07) is 6.04. The minimum absolute atomic E-state index is 0. The van der Waals surface area contributed by atoms with Gasteiger partial charge in [-0.05, 0) is 31.0 Å². The largest absolute Gasteiger partial charge is 0.369 e. The molecule has 1 amide bonds. The molecule has 27 heavy (non-hydrogen) atoms. The Kier molecular flexibility index (Phi) is 9.68. The minimum atomic E-state index is -0.445. The minimum Gasteiger partial charge on any atom is -0.369 e. The second-order valence-electron chi connectivity index (χ2n) is 5.81. The molecule has 0 aliphatic rings. The number of aryl methyl sites for hydroxylation is 1. The Morgan fingerprint density at radius 2 is 2.04 bits per heavy atom. The van der Waals surface area contributed by atoms with Crippen LogP contribution in [0.25, 0.3) is 0 Å². The van der Waals surface area contributed by atoms with Gasteiger partial charge in [-0.3, -0.25) is 9.48 Å². The highest BCUT2D eigenvalue weighted by atomic mass is 127. The molecule has 0 aliphatic heterocycles. The highest BCUT2D eigenvalue weighted by Gasteiger charge is 2.17. The van der Waals surface area contributed by atoms with E-state index in [0.717, 1.165) is 11.4 Å². The number of hydrogen-bond acceptors (Lipinski definition) is 4. The molecule has 4 N–H and O–H groups in total. The summed E-state index contributed by atoms with van der Waals surface area (Å²) in [4.78, 5) is 20.3. The second-order valence-corrected chi connectivity index (χ2v) is 5.81. The van der Waals surface area contributed by atoms with Gasteiger partial charge in [0.25, 0.3) is 0 Å². The highest BCUT2D eigenvalue weighted by Crippen LogP contribution is 2.09. The topological polar surface area (TPSA) is 110 Å². The fraction of sp³-hybridized carbons (Fsp3) is 0.412. The van der Waals surface area contributed by atoms with Crippen molar-refractivity contribution >= 4 is 35.8 Å². The van der Waals surface area contributed by atoms with E-state index in [-0.39, 0.29) is 29.8 Å². The van der Waals surface area contributed by atoms with E-state index in [1.165, 1.54) is 18.5 Å². The summed E-state index contributed by atoms with van der Waals surface area (Å²) in [6.45, 7) is 3.29. The fourth-order valence-corrected chi connectivity index (χ4v) is 2.35. The Hall–Kier alpha value is -2.24. The standard InChI is InChI=1S/C17H24FN7O.HI/c1-3-20-17(22-10-15-23-11-24-25(15)2)21-9-13(16(19)26)8-12-4-6-14(18)7-5-12;/h4-7,11,13H,3,8-10H2,1-2H3,(H2,19,26)(H2,20,21,22);1H. The number of halogens is 2. The molecular formula is C17H25FIN7O. The predicted molar refractivity (Wildman–Crippen MR) is 112 cm³/mol. The van der Waals surface area contributed by atoms with Gasteiger partial charge in [0.05, 0.1) is 5.92 Å². The second kappa shape index (κ2) is 11.5. The van der Waals surface area contributed by atoms with E-state index in [1.807, 2.05) is 6.92 Å². The van der Waals surface area contributed by atoms with Crippen molar-refractivity contribution in [3.05, 3.63) is 47.8 Å². The third-order valence-corrected chi connectivity index (χ3v) is 3.84. The first kappa shape index (κ1) is 22.8. The van der Waals surface area contributed by atoms with E-state index in [1.54, 1.807) is 23.9 Å². The Bertz CT molecular complexity index is 748. The molecule has 2 aromatic rings. The molecule has 10 heteroatoms. The molecule has 1 aromatic carbocycles. The zero-order valence-electron chi connectivity index (χ0n) is 15.4. The maximum Gasteiger partial charge on any atom is 0.222 e. The molecule has 1 aromatic heterocycles. The molecule has 0 spiro atoms. The van der Waals surface area contributed by atoms with E-state index in [4.69, 9.17) is 5.73 Å². The van der Waals surface area contributed by atoms with Gasteiger partial charge in [0.1, 0.15) is 24.5 Å². The molecule has 0 fully saturated rings. The smallest absolute Gasteiger partial charge is 0.222 e. The van der Waals surface area contributed by atoms with Crippen molar-refractivity contribution in [2.75, 3.05) is 13.1 Å². The van der Waals surface area contributed by atoms with Crippen LogP contribution in [0.15, 0.2) is 35.6 Å². The number of carbonyl (C=O) groups excluding carboxylic acids is 1. The predicted octanol–water partition coefficient (Wildman–Crippen LogP) is 0.971. The summed E-state index contributed by atoms with van der Waals surface area (Å²) < 4.78 is 14.7. The van der Waals surface area contributed by atoms with Crippen LogP contribution < -0.4 is 16.4 Å². The van der Waals surface area contributed by atoms with Crippen LogP contribution in [0.2, 0.25) is 0 Å². The molecule has 1 unspecified atom stereocenters. The molecule has 0 radical (unpaired) electrons. The maximum atomic E-state index is 13.0. The Morgan fingerprint density at radius 1 is 1.33 bits per heavy atom. The summed E-state index contributed by atoms with van der Waals surface area (Å²) >= 11 is 0. The molecule has 2 rings (SSSR count). The van der Waals surface area contributed by atoms with Gasteiger partial charge in [-0.2, -0.15) is 5.10 Å². The number of nitrogens with two attached hydrogens (primary N) is 1. The molecule has 148 valence electrons. The molecule has 1 atom stereocenters. The third-order valence-electron chi connectivity index (χ3n) is 3.84. The molecule has 1 heterocycles. The molecule has 0 saturated heterocycles. The first-order chi connectivity index (χ1) is 12.5. The van der Waals surface area contributed by atoms with Crippen molar-refractivity contribution in [2.24, 2.45) is 23.7 Å². The van der Waals surface area contributed by atoms with Gasteiger partial charge >= 0.3 is 0 Å². The number of rotatable bonds is 8. The number of primary amides is 1. The van der Waals surface area contributed by atoms with E-state index < -0.39 is 11.8 Å². The van der Waals surface area contributed by atoms with Crippen LogP contribution in [0.4, 0.5) is 4.39 Å². The van der Waals surface area contributed by atoms with Crippen molar-refractivity contribution in [3.8, 4) is 0 Å². The van der Waals surface area contributed by atoms with Crippen LogP contribution in [0, 0.1) is 11.7 Å². The normalized spacial score (nSPS) is 12.2. The lowest BCUT2D eigenvalue weighted by molar-refractivity contribution is -0.121. The van der Waals surface area contributed by atoms with E-state index in [9.17, 15) is 9.18 Å². The number of guanidine groups is 1. The van der Waals surface area contributed by atoms with Crippen molar-refractivity contribution < 1.29 is 9.18 Å². The van der Waals surface area contributed by atoms with Gasteiger partial charge in [-0.1, -0.05) is 12.1 Å². The number of benzene rings is 1. The zero-order chi connectivity index (χ0) is 18.9. The van der Waals surface area contributed by atoms with Crippen molar-refractivity contribution in [3.63, 3.8) is 0 Å². The van der Waals surface area contributed by atoms with Gasteiger partial charge in [0.15, 0.2) is 5.96 Å². The molecular weight excluding hydrogens is 464 g/mol. The van der Waals surface area contributed by atoms with Crippen LogP contribution in [-0.4, -0.2) is 39.7 Å². The van der Waals surface area contributed by atoms with Crippen molar-refractivity contribution in [2.45, 2.75) is 19.9 Å².